The predicted octanol–water partition coefficient (Wildman–Crippen LogP) is 2.50. The molecule has 6 heteroatoms. The molecule has 2 rings (SSSR count). The standard InChI is InChI=1S/C12H12ClNO3S/c13-7-11-3-1-2-4-12(11)18(15,16)14-8-10-5-6-17-9-10/h1-6,9,14H,7-8H2. The molecule has 1 aromatic heterocycles. The van der Waals surface area contributed by atoms with Crippen molar-refractivity contribution < 1.29 is 12.8 Å². The molecular weight excluding hydrogens is 274 g/mol. The molecule has 0 unspecified atom stereocenters. The molecule has 96 valence electrons. The van der Waals surface area contributed by atoms with Crippen LogP contribution in [0.2, 0.25) is 0 Å². The minimum absolute atomic E-state index is 0.156. The largest absolute Gasteiger partial charge is 0.472 e. The predicted molar refractivity (Wildman–Crippen MR) is 68.7 cm³/mol. The van der Waals surface area contributed by atoms with Crippen molar-refractivity contribution in [2.45, 2.75) is 17.3 Å². The summed E-state index contributed by atoms with van der Waals surface area (Å²) in [5, 5.41) is 0. The molecule has 0 amide bonds. The molecule has 0 spiro atoms. The van der Waals surface area contributed by atoms with Crippen molar-refractivity contribution >= 4 is 21.6 Å². The maximum atomic E-state index is 12.1. The second-order valence-corrected chi connectivity index (χ2v) is 5.70. The summed E-state index contributed by atoms with van der Waals surface area (Å²) >= 11 is 5.73. The molecule has 0 saturated heterocycles. The van der Waals surface area contributed by atoms with Gasteiger partial charge in [-0.3, -0.25) is 0 Å². The second kappa shape index (κ2) is 5.56. The van der Waals surface area contributed by atoms with E-state index in [-0.39, 0.29) is 17.3 Å². The van der Waals surface area contributed by atoms with Gasteiger partial charge < -0.3 is 4.42 Å². The molecule has 1 aromatic carbocycles. The van der Waals surface area contributed by atoms with Gasteiger partial charge in [-0.15, -0.1) is 11.6 Å². The van der Waals surface area contributed by atoms with Gasteiger partial charge in [0, 0.05) is 18.0 Å². The lowest BCUT2D eigenvalue weighted by Crippen LogP contribution is -2.24. The van der Waals surface area contributed by atoms with Crippen LogP contribution in [-0.2, 0) is 22.4 Å². The summed E-state index contributed by atoms with van der Waals surface area (Å²) in [6.45, 7) is 0.190. The van der Waals surface area contributed by atoms with E-state index >= 15 is 0 Å². The van der Waals surface area contributed by atoms with Gasteiger partial charge in [-0.25, -0.2) is 13.1 Å². The molecule has 0 aliphatic heterocycles. The summed E-state index contributed by atoms with van der Waals surface area (Å²) in [4.78, 5) is 0.212. The van der Waals surface area contributed by atoms with Crippen molar-refractivity contribution in [3.63, 3.8) is 0 Å². The van der Waals surface area contributed by atoms with Crippen LogP contribution < -0.4 is 4.72 Å². The van der Waals surface area contributed by atoms with Crippen molar-refractivity contribution in [3.05, 3.63) is 54.0 Å². The fourth-order valence-electron chi connectivity index (χ4n) is 1.53. The third-order valence-electron chi connectivity index (χ3n) is 2.45. The zero-order chi connectivity index (χ0) is 13.0. The van der Waals surface area contributed by atoms with E-state index in [2.05, 4.69) is 4.72 Å². The molecule has 2 aromatic rings. The number of halogens is 1. The Labute approximate surface area is 111 Å². The van der Waals surface area contributed by atoms with Crippen molar-refractivity contribution in [2.24, 2.45) is 0 Å². The third-order valence-corrected chi connectivity index (χ3v) is 4.24. The van der Waals surface area contributed by atoms with E-state index in [0.717, 1.165) is 5.56 Å². The molecule has 0 atom stereocenters. The van der Waals surface area contributed by atoms with Crippen molar-refractivity contribution in [2.75, 3.05) is 0 Å². The summed E-state index contributed by atoms with van der Waals surface area (Å²) < 4.78 is 31.6. The fraction of sp³-hybridized carbons (Fsp3) is 0.167. The lowest BCUT2D eigenvalue weighted by atomic mass is 10.2. The molecule has 0 radical (unpaired) electrons. The number of rotatable bonds is 5. The highest BCUT2D eigenvalue weighted by Crippen LogP contribution is 2.17. The Morgan fingerprint density at radius 3 is 2.67 bits per heavy atom. The van der Waals surface area contributed by atoms with Crippen LogP contribution in [0.25, 0.3) is 0 Å². The van der Waals surface area contributed by atoms with Gasteiger partial charge in [0.15, 0.2) is 0 Å². The molecule has 0 saturated carbocycles. The maximum absolute atomic E-state index is 12.1. The minimum atomic E-state index is -3.56. The first kappa shape index (κ1) is 13.1. The first-order valence-electron chi connectivity index (χ1n) is 5.28. The monoisotopic (exact) mass is 285 g/mol. The van der Waals surface area contributed by atoms with Gasteiger partial charge >= 0.3 is 0 Å². The number of benzene rings is 1. The Morgan fingerprint density at radius 2 is 2.00 bits per heavy atom. The third kappa shape index (κ3) is 2.93. The van der Waals surface area contributed by atoms with Crippen LogP contribution >= 0.6 is 11.6 Å². The van der Waals surface area contributed by atoms with E-state index in [0.29, 0.717) is 5.56 Å². The molecule has 0 fully saturated rings. The molecule has 4 nitrogen and oxygen atoms in total. The van der Waals surface area contributed by atoms with Crippen molar-refractivity contribution in [1.82, 2.24) is 4.72 Å². The van der Waals surface area contributed by atoms with Crippen LogP contribution in [0, 0.1) is 0 Å². The van der Waals surface area contributed by atoms with Gasteiger partial charge in [0.1, 0.15) is 0 Å². The molecule has 0 aliphatic carbocycles. The van der Waals surface area contributed by atoms with Gasteiger partial charge in [-0.1, -0.05) is 18.2 Å². The Balaban J connectivity index is 2.20. The molecule has 18 heavy (non-hydrogen) atoms. The zero-order valence-corrected chi connectivity index (χ0v) is 11.0. The van der Waals surface area contributed by atoms with Crippen LogP contribution in [0.3, 0.4) is 0 Å². The highest BCUT2D eigenvalue weighted by atomic mass is 35.5. The first-order chi connectivity index (χ1) is 8.63. The summed E-state index contributed by atoms with van der Waals surface area (Å²) in [5.74, 6) is 0.156. The second-order valence-electron chi connectivity index (χ2n) is 3.70. The maximum Gasteiger partial charge on any atom is 0.241 e. The highest BCUT2D eigenvalue weighted by molar-refractivity contribution is 7.89. The van der Waals surface area contributed by atoms with Crippen LogP contribution in [-0.4, -0.2) is 8.42 Å². The molecule has 1 heterocycles. The lowest BCUT2D eigenvalue weighted by Gasteiger charge is -2.09. The minimum Gasteiger partial charge on any atom is -0.472 e. The zero-order valence-electron chi connectivity index (χ0n) is 9.47. The van der Waals surface area contributed by atoms with Crippen molar-refractivity contribution in [3.8, 4) is 0 Å². The topological polar surface area (TPSA) is 59.3 Å². The number of furan rings is 1. The van der Waals surface area contributed by atoms with Crippen LogP contribution in [0.4, 0.5) is 0 Å². The summed E-state index contributed by atoms with van der Waals surface area (Å²) in [6.07, 6.45) is 2.99. The van der Waals surface area contributed by atoms with E-state index < -0.39 is 10.0 Å². The Morgan fingerprint density at radius 1 is 1.22 bits per heavy atom. The van der Waals surface area contributed by atoms with Crippen LogP contribution in [0.1, 0.15) is 11.1 Å². The van der Waals surface area contributed by atoms with Gasteiger partial charge in [0.05, 0.1) is 17.4 Å². The Bertz CT molecular complexity index is 608. The van der Waals surface area contributed by atoms with Gasteiger partial charge in [0.2, 0.25) is 10.0 Å². The normalized spacial score (nSPS) is 11.6. The molecule has 1 N–H and O–H groups in total. The van der Waals surface area contributed by atoms with E-state index in [4.69, 9.17) is 16.0 Å². The number of nitrogens with one attached hydrogen (secondary N) is 1. The molecular formula is C12H12ClNO3S. The summed E-state index contributed by atoms with van der Waals surface area (Å²) in [5.41, 5.74) is 1.35. The van der Waals surface area contributed by atoms with Crippen molar-refractivity contribution in [1.29, 1.82) is 0 Å². The van der Waals surface area contributed by atoms with E-state index in [1.54, 1.807) is 24.3 Å². The summed E-state index contributed by atoms with van der Waals surface area (Å²) in [6, 6.07) is 8.36. The Hall–Kier alpha value is -1.30. The SMILES string of the molecule is O=S(=O)(NCc1ccoc1)c1ccccc1CCl. The fourth-order valence-corrected chi connectivity index (χ4v) is 3.09. The molecule has 0 aliphatic rings. The highest BCUT2D eigenvalue weighted by Gasteiger charge is 2.17. The summed E-state index contributed by atoms with van der Waals surface area (Å²) in [7, 11) is -3.56. The van der Waals surface area contributed by atoms with Gasteiger partial charge in [-0.05, 0) is 17.7 Å². The lowest BCUT2D eigenvalue weighted by molar-refractivity contribution is 0.561. The van der Waals surface area contributed by atoms with Gasteiger partial charge in [-0.2, -0.15) is 0 Å². The van der Waals surface area contributed by atoms with Crippen LogP contribution in [0.5, 0.6) is 0 Å². The quantitative estimate of drug-likeness (QED) is 0.859. The average Bonchev–Trinajstić information content (AvgIpc) is 2.89. The number of sulfonamides is 1. The average molecular weight is 286 g/mol. The number of hydrogen-bond acceptors (Lipinski definition) is 3. The smallest absolute Gasteiger partial charge is 0.241 e. The Kier molecular flexibility index (Phi) is 4.06. The number of alkyl halides is 1. The van der Waals surface area contributed by atoms with Gasteiger partial charge in [0.25, 0.3) is 0 Å². The number of hydrogen-bond donors (Lipinski definition) is 1. The molecule has 0 bridgehead atoms. The first-order valence-corrected chi connectivity index (χ1v) is 7.30. The van der Waals surface area contributed by atoms with E-state index in [9.17, 15) is 8.42 Å². The van der Waals surface area contributed by atoms with E-state index in [1.165, 1.54) is 18.6 Å². The van der Waals surface area contributed by atoms with Crippen LogP contribution in [0.15, 0.2) is 52.2 Å². The van der Waals surface area contributed by atoms with E-state index in [1.807, 2.05) is 0 Å².